The SMILES string of the molecule is COc1ccc(F)cc1COC(=O)c1ccc(OCc2c(C)noc2C)cc1. The van der Waals surface area contributed by atoms with E-state index < -0.39 is 11.8 Å². The van der Waals surface area contributed by atoms with Crippen molar-refractivity contribution >= 4 is 5.97 Å². The van der Waals surface area contributed by atoms with Crippen molar-refractivity contribution < 1.29 is 27.9 Å². The number of carbonyl (C=O) groups is 1. The quantitative estimate of drug-likeness (QED) is 0.562. The number of aryl methyl sites for hydroxylation is 2. The molecule has 146 valence electrons. The third kappa shape index (κ3) is 4.49. The molecule has 0 unspecified atom stereocenters. The first kappa shape index (κ1) is 19.4. The van der Waals surface area contributed by atoms with Gasteiger partial charge >= 0.3 is 5.97 Å². The molecule has 7 heteroatoms. The van der Waals surface area contributed by atoms with E-state index >= 15 is 0 Å². The first-order valence-electron chi connectivity index (χ1n) is 8.62. The number of aromatic nitrogens is 1. The lowest BCUT2D eigenvalue weighted by atomic mass is 10.2. The van der Waals surface area contributed by atoms with Crippen LogP contribution in [0.1, 0.15) is 32.9 Å². The zero-order chi connectivity index (χ0) is 20.1. The van der Waals surface area contributed by atoms with Crippen molar-refractivity contribution in [1.29, 1.82) is 0 Å². The summed E-state index contributed by atoms with van der Waals surface area (Å²) in [6, 6.07) is 10.6. The lowest BCUT2D eigenvalue weighted by Crippen LogP contribution is -2.06. The van der Waals surface area contributed by atoms with E-state index in [1.807, 2.05) is 13.8 Å². The molecule has 3 rings (SSSR count). The molecule has 0 aliphatic rings. The maximum atomic E-state index is 13.4. The van der Waals surface area contributed by atoms with Crippen LogP contribution in [0.5, 0.6) is 11.5 Å². The van der Waals surface area contributed by atoms with Gasteiger partial charge in [0, 0.05) is 5.56 Å². The topological polar surface area (TPSA) is 70.8 Å². The number of nitrogens with zero attached hydrogens (tertiary/aromatic N) is 1. The summed E-state index contributed by atoms with van der Waals surface area (Å²) < 4.78 is 34.6. The van der Waals surface area contributed by atoms with Crippen LogP contribution in [-0.2, 0) is 18.0 Å². The van der Waals surface area contributed by atoms with Gasteiger partial charge in [-0.05, 0) is 56.3 Å². The maximum absolute atomic E-state index is 13.4. The van der Waals surface area contributed by atoms with Crippen LogP contribution in [0.3, 0.4) is 0 Å². The number of halogens is 1. The van der Waals surface area contributed by atoms with Gasteiger partial charge in [-0.15, -0.1) is 0 Å². The van der Waals surface area contributed by atoms with Crippen LogP contribution in [0.25, 0.3) is 0 Å². The number of esters is 1. The van der Waals surface area contributed by atoms with Crippen molar-refractivity contribution in [1.82, 2.24) is 5.16 Å². The number of hydrogen-bond donors (Lipinski definition) is 0. The highest BCUT2D eigenvalue weighted by molar-refractivity contribution is 5.89. The summed E-state index contributed by atoms with van der Waals surface area (Å²) in [4.78, 5) is 12.2. The second-order valence-electron chi connectivity index (χ2n) is 6.15. The number of ether oxygens (including phenoxy) is 3. The molecule has 1 heterocycles. The molecule has 0 atom stereocenters. The minimum atomic E-state index is -0.524. The highest BCUT2D eigenvalue weighted by Crippen LogP contribution is 2.22. The fourth-order valence-electron chi connectivity index (χ4n) is 2.64. The fourth-order valence-corrected chi connectivity index (χ4v) is 2.64. The van der Waals surface area contributed by atoms with Gasteiger partial charge in [-0.25, -0.2) is 9.18 Å². The number of methoxy groups -OCH3 is 1. The van der Waals surface area contributed by atoms with Gasteiger partial charge in [0.1, 0.15) is 36.3 Å². The molecule has 0 bridgehead atoms. The third-order valence-corrected chi connectivity index (χ3v) is 4.26. The number of carbonyl (C=O) groups excluding carboxylic acids is 1. The monoisotopic (exact) mass is 385 g/mol. The Kier molecular flexibility index (Phi) is 5.93. The predicted octanol–water partition coefficient (Wildman–Crippen LogP) is 4.38. The van der Waals surface area contributed by atoms with Crippen LogP contribution in [0.2, 0.25) is 0 Å². The van der Waals surface area contributed by atoms with Crippen LogP contribution in [0.4, 0.5) is 4.39 Å². The number of hydrogen-bond acceptors (Lipinski definition) is 6. The Morgan fingerprint density at radius 1 is 1.11 bits per heavy atom. The minimum absolute atomic E-state index is 0.0932. The van der Waals surface area contributed by atoms with Crippen molar-refractivity contribution in [2.75, 3.05) is 7.11 Å². The normalized spacial score (nSPS) is 10.6. The summed E-state index contributed by atoms with van der Waals surface area (Å²) in [5.74, 6) is 0.821. The molecule has 0 N–H and O–H groups in total. The van der Waals surface area contributed by atoms with Crippen molar-refractivity contribution in [2.45, 2.75) is 27.1 Å². The maximum Gasteiger partial charge on any atom is 0.338 e. The van der Waals surface area contributed by atoms with E-state index in [2.05, 4.69) is 5.16 Å². The van der Waals surface area contributed by atoms with Gasteiger partial charge < -0.3 is 18.7 Å². The Morgan fingerprint density at radius 2 is 1.86 bits per heavy atom. The van der Waals surface area contributed by atoms with Crippen LogP contribution < -0.4 is 9.47 Å². The van der Waals surface area contributed by atoms with E-state index in [4.69, 9.17) is 18.7 Å². The Bertz CT molecular complexity index is 946. The van der Waals surface area contributed by atoms with E-state index in [-0.39, 0.29) is 6.61 Å². The molecule has 0 fully saturated rings. The standard InChI is InChI=1S/C21H20FNO5/c1-13-19(14(2)28-23-13)12-26-18-7-4-15(5-8-18)21(24)27-11-16-10-17(22)6-9-20(16)25-3/h4-10H,11-12H2,1-3H3. The van der Waals surface area contributed by atoms with Gasteiger partial charge in [0.25, 0.3) is 0 Å². The molecule has 1 aromatic heterocycles. The fraction of sp³-hybridized carbons (Fsp3) is 0.238. The molecule has 3 aromatic rings. The van der Waals surface area contributed by atoms with E-state index in [9.17, 15) is 9.18 Å². The first-order valence-corrected chi connectivity index (χ1v) is 8.62. The Labute approximate surface area is 161 Å². The molecular weight excluding hydrogens is 365 g/mol. The molecule has 0 radical (unpaired) electrons. The summed E-state index contributed by atoms with van der Waals surface area (Å²) >= 11 is 0. The molecule has 0 saturated heterocycles. The zero-order valence-electron chi connectivity index (χ0n) is 15.8. The predicted molar refractivity (Wildman–Crippen MR) is 98.8 cm³/mol. The van der Waals surface area contributed by atoms with E-state index in [0.29, 0.717) is 35.0 Å². The van der Waals surface area contributed by atoms with Crippen LogP contribution in [-0.4, -0.2) is 18.2 Å². The van der Waals surface area contributed by atoms with Gasteiger partial charge in [-0.2, -0.15) is 0 Å². The van der Waals surface area contributed by atoms with Crippen molar-refractivity contribution in [3.8, 4) is 11.5 Å². The summed E-state index contributed by atoms with van der Waals surface area (Å²) in [5, 5.41) is 3.88. The van der Waals surface area contributed by atoms with Gasteiger partial charge in [-0.1, -0.05) is 5.16 Å². The Balaban J connectivity index is 1.59. The van der Waals surface area contributed by atoms with E-state index in [0.717, 1.165) is 11.3 Å². The smallest absolute Gasteiger partial charge is 0.338 e. The van der Waals surface area contributed by atoms with Crippen molar-refractivity contribution in [2.24, 2.45) is 0 Å². The summed E-state index contributed by atoms with van der Waals surface area (Å²) in [5.41, 5.74) is 2.49. The van der Waals surface area contributed by atoms with Crippen LogP contribution in [0.15, 0.2) is 47.0 Å². The van der Waals surface area contributed by atoms with Crippen molar-refractivity contribution in [3.63, 3.8) is 0 Å². The molecular formula is C21H20FNO5. The lowest BCUT2D eigenvalue weighted by Gasteiger charge is -2.10. The largest absolute Gasteiger partial charge is 0.496 e. The zero-order valence-corrected chi connectivity index (χ0v) is 15.8. The Morgan fingerprint density at radius 3 is 2.50 bits per heavy atom. The van der Waals surface area contributed by atoms with E-state index in [1.165, 1.54) is 25.3 Å². The highest BCUT2D eigenvalue weighted by atomic mass is 19.1. The molecule has 0 saturated carbocycles. The number of benzene rings is 2. The number of rotatable bonds is 7. The average Bonchev–Trinajstić information content (AvgIpc) is 3.02. The molecule has 0 aliphatic heterocycles. The summed E-state index contributed by atoms with van der Waals surface area (Å²) in [6.45, 7) is 3.90. The molecule has 6 nitrogen and oxygen atoms in total. The van der Waals surface area contributed by atoms with Gasteiger partial charge in [0.05, 0.1) is 23.9 Å². The van der Waals surface area contributed by atoms with E-state index in [1.54, 1.807) is 24.3 Å². The second kappa shape index (κ2) is 8.56. The van der Waals surface area contributed by atoms with Gasteiger partial charge in [-0.3, -0.25) is 0 Å². The minimum Gasteiger partial charge on any atom is -0.496 e. The van der Waals surface area contributed by atoms with Crippen LogP contribution >= 0.6 is 0 Å². The lowest BCUT2D eigenvalue weighted by molar-refractivity contribution is 0.0469. The molecule has 0 spiro atoms. The third-order valence-electron chi connectivity index (χ3n) is 4.26. The van der Waals surface area contributed by atoms with Crippen molar-refractivity contribution in [3.05, 3.63) is 76.4 Å². The summed E-state index contributed by atoms with van der Waals surface area (Å²) in [6.07, 6.45) is 0. The van der Waals surface area contributed by atoms with Gasteiger partial charge in [0.2, 0.25) is 0 Å². The molecule has 0 amide bonds. The molecule has 0 aliphatic carbocycles. The second-order valence-corrected chi connectivity index (χ2v) is 6.15. The first-order chi connectivity index (χ1) is 13.5. The molecule has 2 aromatic carbocycles. The molecule has 28 heavy (non-hydrogen) atoms. The summed E-state index contributed by atoms with van der Waals surface area (Å²) in [7, 11) is 1.47. The highest BCUT2D eigenvalue weighted by Gasteiger charge is 2.12. The Hall–Kier alpha value is -3.35. The average molecular weight is 385 g/mol. The van der Waals surface area contributed by atoms with Gasteiger partial charge in [0.15, 0.2) is 0 Å². The van der Waals surface area contributed by atoms with Crippen LogP contribution in [0, 0.1) is 19.7 Å².